The van der Waals surface area contributed by atoms with Crippen LogP contribution >= 0.6 is 34.5 Å². The lowest BCUT2D eigenvalue weighted by molar-refractivity contribution is -0.137. The number of halogens is 5. The predicted molar refractivity (Wildman–Crippen MR) is 79.5 cm³/mol. The zero-order valence-electron chi connectivity index (χ0n) is 10.5. The molecule has 0 aliphatic carbocycles. The lowest BCUT2D eigenvalue weighted by Crippen LogP contribution is -2.07. The summed E-state index contributed by atoms with van der Waals surface area (Å²) in [5.41, 5.74) is 2.45. The summed E-state index contributed by atoms with van der Waals surface area (Å²) < 4.78 is 38.3. The molecule has 9 heteroatoms. The number of aryl methyl sites for hydroxylation is 1. The van der Waals surface area contributed by atoms with Crippen LogP contribution in [0.2, 0.25) is 10.0 Å². The molecule has 3 nitrogen and oxygen atoms in total. The molecule has 21 heavy (non-hydrogen) atoms. The van der Waals surface area contributed by atoms with Crippen molar-refractivity contribution >= 4 is 45.9 Å². The van der Waals surface area contributed by atoms with E-state index in [1.54, 1.807) is 0 Å². The Balaban J connectivity index is 2.27. The molecule has 0 spiro atoms. The van der Waals surface area contributed by atoms with Crippen LogP contribution in [0.1, 0.15) is 16.8 Å². The molecular weight excluding hydrogens is 346 g/mol. The van der Waals surface area contributed by atoms with Gasteiger partial charge in [0.25, 0.3) is 0 Å². The van der Waals surface area contributed by atoms with Crippen LogP contribution in [0.3, 0.4) is 0 Å². The number of aromatic nitrogens is 1. The summed E-state index contributed by atoms with van der Waals surface area (Å²) in [6.07, 6.45) is -3.42. The number of alkyl halides is 3. The van der Waals surface area contributed by atoms with Crippen molar-refractivity contribution < 1.29 is 13.2 Å². The van der Waals surface area contributed by atoms with Crippen LogP contribution in [0.25, 0.3) is 0 Å². The number of hydrogen-bond donors (Lipinski definition) is 1. The molecule has 0 unspecified atom stereocenters. The van der Waals surface area contributed by atoms with Crippen molar-refractivity contribution in [2.45, 2.75) is 13.1 Å². The second-order valence-corrected chi connectivity index (χ2v) is 5.63. The number of anilines is 1. The summed E-state index contributed by atoms with van der Waals surface area (Å²) in [5.74, 6) is 0. The highest BCUT2D eigenvalue weighted by molar-refractivity contribution is 7.13. The van der Waals surface area contributed by atoms with Gasteiger partial charge in [0, 0.05) is 10.9 Å². The maximum Gasteiger partial charge on any atom is 0.417 e. The summed E-state index contributed by atoms with van der Waals surface area (Å²) in [4.78, 5) is 4.09. The zero-order valence-corrected chi connectivity index (χ0v) is 12.8. The molecule has 1 heterocycles. The molecule has 0 saturated carbocycles. The largest absolute Gasteiger partial charge is 0.417 e. The molecule has 0 fully saturated rings. The van der Waals surface area contributed by atoms with Crippen LogP contribution in [-0.2, 0) is 6.18 Å². The van der Waals surface area contributed by atoms with Crippen molar-refractivity contribution in [3.63, 3.8) is 0 Å². The van der Waals surface area contributed by atoms with E-state index < -0.39 is 16.8 Å². The van der Waals surface area contributed by atoms with Gasteiger partial charge in [0.15, 0.2) is 0 Å². The number of nitrogens with zero attached hydrogens (tertiary/aromatic N) is 2. The van der Waals surface area contributed by atoms with Crippen LogP contribution < -0.4 is 5.43 Å². The third kappa shape index (κ3) is 3.87. The predicted octanol–water partition coefficient (Wildman–Crippen LogP) is 5.22. The molecule has 1 aromatic carbocycles. The Morgan fingerprint density at radius 1 is 1.33 bits per heavy atom. The lowest BCUT2D eigenvalue weighted by atomic mass is 10.1. The van der Waals surface area contributed by atoms with Crippen LogP contribution in [0.5, 0.6) is 0 Å². The van der Waals surface area contributed by atoms with Gasteiger partial charge in [-0.1, -0.05) is 23.2 Å². The first-order chi connectivity index (χ1) is 9.79. The SMILES string of the molecule is Cc1csc(NN=Cc2c(Cl)ccc(C(F)(F)F)c2Cl)n1. The minimum atomic E-state index is -4.55. The zero-order chi connectivity index (χ0) is 15.6. The van der Waals surface area contributed by atoms with Gasteiger partial charge in [0.05, 0.1) is 27.5 Å². The number of hydrazone groups is 1. The van der Waals surface area contributed by atoms with Crippen molar-refractivity contribution in [2.24, 2.45) is 5.10 Å². The summed E-state index contributed by atoms with van der Waals surface area (Å²) >= 11 is 12.9. The Labute approximate surface area is 132 Å². The average molecular weight is 354 g/mol. The highest BCUT2D eigenvalue weighted by atomic mass is 35.5. The van der Waals surface area contributed by atoms with Crippen LogP contribution in [0.15, 0.2) is 22.6 Å². The van der Waals surface area contributed by atoms with Gasteiger partial charge >= 0.3 is 6.18 Å². The Morgan fingerprint density at radius 3 is 2.62 bits per heavy atom. The fraction of sp³-hybridized carbons (Fsp3) is 0.167. The third-order valence-electron chi connectivity index (χ3n) is 2.40. The Kier molecular flexibility index (Phi) is 4.75. The van der Waals surface area contributed by atoms with Gasteiger partial charge in [0.1, 0.15) is 0 Å². The minimum absolute atomic E-state index is 0.00561. The number of nitrogens with one attached hydrogen (secondary N) is 1. The fourth-order valence-corrected chi connectivity index (χ4v) is 2.68. The first-order valence-corrected chi connectivity index (χ1v) is 7.19. The second-order valence-electron chi connectivity index (χ2n) is 3.98. The van der Waals surface area contributed by atoms with Crippen molar-refractivity contribution in [1.82, 2.24) is 4.98 Å². The van der Waals surface area contributed by atoms with Crippen molar-refractivity contribution in [3.8, 4) is 0 Å². The summed E-state index contributed by atoms with van der Waals surface area (Å²) in [5, 5.41) is 5.72. The van der Waals surface area contributed by atoms with E-state index in [-0.39, 0.29) is 10.6 Å². The van der Waals surface area contributed by atoms with Gasteiger partial charge in [-0.25, -0.2) is 4.98 Å². The van der Waals surface area contributed by atoms with Gasteiger partial charge in [-0.05, 0) is 19.1 Å². The van der Waals surface area contributed by atoms with Gasteiger partial charge in [-0.3, -0.25) is 5.43 Å². The van der Waals surface area contributed by atoms with E-state index in [9.17, 15) is 13.2 Å². The molecule has 0 aliphatic rings. The third-order valence-corrected chi connectivity index (χ3v) is 4.01. The molecule has 0 radical (unpaired) electrons. The topological polar surface area (TPSA) is 37.3 Å². The number of benzene rings is 1. The molecule has 0 saturated heterocycles. The summed E-state index contributed by atoms with van der Waals surface area (Å²) in [6, 6.07) is 1.96. The normalized spacial score (nSPS) is 12.1. The maximum atomic E-state index is 12.8. The molecule has 2 rings (SSSR count). The van der Waals surface area contributed by atoms with Crippen molar-refractivity contribution in [3.05, 3.63) is 44.4 Å². The first kappa shape index (κ1) is 16.1. The molecule has 112 valence electrons. The van der Waals surface area contributed by atoms with Crippen molar-refractivity contribution in [1.29, 1.82) is 0 Å². The summed E-state index contributed by atoms with van der Waals surface area (Å²) in [6.45, 7) is 1.81. The summed E-state index contributed by atoms with van der Waals surface area (Å²) in [7, 11) is 0. The van der Waals surface area contributed by atoms with E-state index in [2.05, 4.69) is 15.5 Å². The smallest absolute Gasteiger partial charge is 0.253 e. The number of rotatable bonds is 3. The monoisotopic (exact) mass is 353 g/mol. The molecule has 0 bridgehead atoms. The van der Waals surface area contributed by atoms with E-state index in [1.807, 2.05) is 12.3 Å². The van der Waals surface area contributed by atoms with E-state index in [1.165, 1.54) is 11.3 Å². The molecule has 1 aromatic heterocycles. The molecule has 1 N–H and O–H groups in total. The Hall–Kier alpha value is -1.31. The van der Waals surface area contributed by atoms with Crippen LogP contribution in [0, 0.1) is 6.92 Å². The van der Waals surface area contributed by atoms with Gasteiger partial charge in [-0.2, -0.15) is 18.3 Å². The van der Waals surface area contributed by atoms with Gasteiger partial charge in [-0.15, -0.1) is 11.3 Å². The standard InChI is InChI=1S/C12H8Cl2F3N3S/c1-6-5-21-11(19-6)20-18-4-7-9(13)3-2-8(10(7)14)12(15,16)17/h2-5H,1H3,(H,19,20). The average Bonchev–Trinajstić information content (AvgIpc) is 2.77. The fourth-order valence-electron chi connectivity index (χ4n) is 1.46. The Bertz CT molecular complexity index is 683. The van der Waals surface area contributed by atoms with E-state index in [4.69, 9.17) is 23.2 Å². The molecular formula is C12H8Cl2F3N3S. The van der Waals surface area contributed by atoms with Crippen LogP contribution in [0.4, 0.5) is 18.3 Å². The number of thiazole rings is 1. The highest BCUT2D eigenvalue weighted by Gasteiger charge is 2.34. The Morgan fingerprint density at radius 2 is 2.05 bits per heavy atom. The van der Waals surface area contributed by atoms with E-state index in [0.717, 1.165) is 24.0 Å². The first-order valence-electron chi connectivity index (χ1n) is 5.55. The van der Waals surface area contributed by atoms with Crippen molar-refractivity contribution in [2.75, 3.05) is 5.43 Å². The van der Waals surface area contributed by atoms with Crippen LogP contribution in [-0.4, -0.2) is 11.2 Å². The molecule has 2 aromatic rings. The van der Waals surface area contributed by atoms with E-state index in [0.29, 0.717) is 5.13 Å². The maximum absolute atomic E-state index is 12.8. The minimum Gasteiger partial charge on any atom is -0.253 e. The molecule has 0 amide bonds. The second kappa shape index (κ2) is 6.21. The van der Waals surface area contributed by atoms with E-state index >= 15 is 0 Å². The molecule has 0 aliphatic heterocycles. The quantitative estimate of drug-likeness (QED) is 0.606. The van der Waals surface area contributed by atoms with Gasteiger partial charge < -0.3 is 0 Å². The molecule has 0 atom stereocenters. The number of hydrogen-bond acceptors (Lipinski definition) is 4. The van der Waals surface area contributed by atoms with Gasteiger partial charge in [0.2, 0.25) is 5.13 Å². The highest BCUT2D eigenvalue weighted by Crippen LogP contribution is 2.38. The lowest BCUT2D eigenvalue weighted by Gasteiger charge is -2.11.